The number of nitrogens with two attached hydrogens (primary N) is 1. The molecule has 0 aromatic heterocycles. The maximum Gasteiger partial charge on any atom is 0.221 e. The third-order valence-corrected chi connectivity index (χ3v) is 2.56. The Labute approximate surface area is 117 Å². The molecule has 1 amide bonds. The van der Waals surface area contributed by atoms with E-state index in [9.17, 15) is 4.79 Å². The first-order valence-corrected chi connectivity index (χ1v) is 6.07. The summed E-state index contributed by atoms with van der Waals surface area (Å²) >= 11 is 0. The fourth-order valence-electron chi connectivity index (χ4n) is 1.75. The van der Waals surface area contributed by atoms with Gasteiger partial charge in [-0.15, -0.1) is 0 Å². The topological polar surface area (TPSA) is 73.6 Å². The van der Waals surface area contributed by atoms with Gasteiger partial charge < -0.3 is 20.5 Å². The predicted octanol–water partition coefficient (Wildman–Crippen LogP) is 3.03. The summed E-state index contributed by atoms with van der Waals surface area (Å²) in [5.74, 6) is 1.53. The molecule has 0 atom stereocenters. The molecule has 5 heteroatoms. The van der Waals surface area contributed by atoms with Crippen molar-refractivity contribution in [2.75, 3.05) is 18.2 Å². The maximum absolute atomic E-state index is 11.2. The number of ether oxygens (including phenoxy) is 2. The van der Waals surface area contributed by atoms with Gasteiger partial charge >= 0.3 is 0 Å². The highest BCUT2D eigenvalue weighted by Crippen LogP contribution is 2.32. The number of hydrogen-bond acceptors (Lipinski definition) is 4. The van der Waals surface area contributed by atoms with Gasteiger partial charge in [-0.2, -0.15) is 0 Å². The van der Waals surface area contributed by atoms with Crippen molar-refractivity contribution < 1.29 is 14.3 Å². The van der Waals surface area contributed by atoms with Gasteiger partial charge in [0.2, 0.25) is 5.91 Å². The number of rotatable bonds is 4. The highest BCUT2D eigenvalue weighted by Gasteiger charge is 2.07. The van der Waals surface area contributed by atoms with Gasteiger partial charge in [0, 0.05) is 30.8 Å². The Balaban J connectivity index is 2.30. The monoisotopic (exact) mass is 272 g/mol. The predicted molar refractivity (Wildman–Crippen MR) is 78.2 cm³/mol. The fraction of sp³-hybridized carbons (Fsp3) is 0.133. The highest BCUT2D eigenvalue weighted by molar-refractivity contribution is 5.90. The lowest BCUT2D eigenvalue weighted by Gasteiger charge is -2.12. The van der Waals surface area contributed by atoms with Gasteiger partial charge in [0.1, 0.15) is 11.5 Å². The fourth-order valence-corrected chi connectivity index (χ4v) is 1.75. The van der Waals surface area contributed by atoms with Crippen LogP contribution in [0, 0.1) is 0 Å². The quantitative estimate of drug-likeness (QED) is 0.839. The smallest absolute Gasteiger partial charge is 0.221 e. The average molecular weight is 272 g/mol. The lowest BCUT2D eigenvalue weighted by molar-refractivity contribution is -0.114. The van der Waals surface area contributed by atoms with Crippen molar-refractivity contribution in [3.63, 3.8) is 0 Å². The van der Waals surface area contributed by atoms with Crippen LogP contribution in [0.1, 0.15) is 6.92 Å². The molecule has 3 N–H and O–H groups in total. The molecule has 0 aliphatic carbocycles. The minimum absolute atomic E-state index is 0.161. The second kappa shape index (κ2) is 5.97. The van der Waals surface area contributed by atoms with Crippen molar-refractivity contribution in [3.8, 4) is 17.2 Å². The van der Waals surface area contributed by atoms with Crippen LogP contribution >= 0.6 is 0 Å². The molecule has 0 bridgehead atoms. The van der Waals surface area contributed by atoms with Gasteiger partial charge in [0.25, 0.3) is 0 Å². The Morgan fingerprint density at radius 1 is 1.15 bits per heavy atom. The second-order valence-corrected chi connectivity index (χ2v) is 4.22. The third kappa shape index (κ3) is 3.41. The highest BCUT2D eigenvalue weighted by atomic mass is 16.5. The number of anilines is 2. The summed E-state index contributed by atoms with van der Waals surface area (Å²) in [6.45, 7) is 1.44. The molecule has 0 aliphatic heterocycles. The summed E-state index contributed by atoms with van der Waals surface area (Å²) < 4.78 is 10.9. The molecular weight excluding hydrogens is 256 g/mol. The number of nitrogens with one attached hydrogen (secondary N) is 1. The van der Waals surface area contributed by atoms with Crippen LogP contribution in [-0.2, 0) is 4.79 Å². The second-order valence-electron chi connectivity index (χ2n) is 4.22. The van der Waals surface area contributed by atoms with Crippen molar-refractivity contribution in [3.05, 3.63) is 42.5 Å². The summed E-state index contributed by atoms with van der Waals surface area (Å²) in [6.07, 6.45) is 0. The van der Waals surface area contributed by atoms with E-state index in [1.54, 1.807) is 37.4 Å². The molecule has 2 aromatic carbocycles. The molecule has 0 fully saturated rings. The van der Waals surface area contributed by atoms with Crippen molar-refractivity contribution in [1.82, 2.24) is 0 Å². The van der Waals surface area contributed by atoms with Crippen LogP contribution in [-0.4, -0.2) is 13.0 Å². The molecule has 0 spiro atoms. The van der Waals surface area contributed by atoms with Crippen molar-refractivity contribution in [1.29, 1.82) is 0 Å². The van der Waals surface area contributed by atoms with Crippen LogP contribution in [0.25, 0.3) is 0 Å². The van der Waals surface area contributed by atoms with E-state index in [0.29, 0.717) is 28.6 Å². The van der Waals surface area contributed by atoms with E-state index in [2.05, 4.69) is 5.32 Å². The number of methoxy groups -OCH3 is 1. The van der Waals surface area contributed by atoms with Gasteiger partial charge in [0.15, 0.2) is 5.75 Å². The van der Waals surface area contributed by atoms with Gasteiger partial charge in [-0.1, -0.05) is 12.1 Å². The van der Waals surface area contributed by atoms with Crippen LogP contribution in [0.2, 0.25) is 0 Å². The lowest BCUT2D eigenvalue weighted by atomic mass is 10.2. The summed E-state index contributed by atoms with van der Waals surface area (Å²) in [5, 5.41) is 2.71. The molecule has 0 saturated carbocycles. The molecule has 2 aromatic rings. The van der Waals surface area contributed by atoms with E-state index in [0.717, 1.165) is 0 Å². The lowest BCUT2D eigenvalue weighted by Crippen LogP contribution is -2.06. The maximum atomic E-state index is 11.2. The van der Waals surface area contributed by atoms with E-state index in [-0.39, 0.29) is 5.91 Å². The van der Waals surface area contributed by atoms with E-state index in [1.807, 2.05) is 12.1 Å². The van der Waals surface area contributed by atoms with Crippen LogP contribution < -0.4 is 20.5 Å². The summed E-state index contributed by atoms with van der Waals surface area (Å²) in [7, 11) is 1.56. The van der Waals surface area contributed by atoms with Crippen molar-refractivity contribution in [2.24, 2.45) is 0 Å². The average Bonchev–Trinajstić information content (AvgIpc) is 2.39. The number of hydrogen-bond donors (Lipinski definition) is 2. The summed E-state index contributed by atoms with van der Waals surface area (Å²) in [6, 6.07) is 12.3. The zero-order chi connectivity index (χ0) is 14.5. The van der Waals surface area contributed by atoms with Gasteiger partial charge in [0.05, 0.1) is 12.8 Å². The molecular formula is C15H16N2O3. The van der Waals surface area contributed by atoms with E-state index < -0.39 is 0 Å². The van der Waals surface area contributed by atoms with Crippen LogP contribution in [0.5, 0.6) is 17.2 Å². The first kappa shape index (κ1) is 13.7. The van der Waals surface area contributed by atoms with Gasteiger partial charge in [-0.25, -0.2) is 0 Å². The molecule has 0 saturated heterocycles. The zero-order valence-corrected chi connectivity index (χ0v) is 11.3. The normalized spacial score (nSPS) is 9.90. The Hall–Kier alpha value is -2.69. The molecule has 0 heterocycles. The first-order chi connectivity index (χ1) is 9.58. The number of carbonyl (C=O) groups is 1. The number of para-hydroxylation sites is 2. The van der Waals surface area contributed by atoms with Crippen molar-refractivity contribution in [2.45, 2.75) is 6.92 Å². The summed E-state index contributed by atoms with van der Waals surface area (Å²) in [4.78, 5) is 11.2. The number of amides is 1. The first-order valence-electron chi connectivity index (χ1n) is 6.07. The summed E-state index contributed by atoms with van der Waals surface area (Å²) in [5.41, 5.74) is 6.91. The van der Waals surface area contributed by atoms with Gasteiger partial charge in [-0.05, 0) is 12.1 Å². The van der Waals surface area contributed by atoms with Crippen LogP contribution in [0.3, 0.4) is 0 Å². The minimum Gasteiger partial charge on any atom is -0.497 e. The molecule has 20 heavy (non-hydrogen) atoms. The number of benzene rings is 2. The Morgan fingerprint density at radius 3 is 2.55 bits per heavy atom. The van der Waals surface area contributed by atoms with E-state index in [1.165, 1.54) is 6.92 Å². The molecule has 0 aliphatic rings. The number of nitrogen functional groups attached to an aromatic ring is 1. The van der Waals surface area contributed by atoms with Crippen LogP contribution in [0.15, 0.2) is 42.5 Å². The molecule has 2 rings (SSSR count). The molecule has 0 radical (unpaired) electrons. The van der Waals surface area contributed by atoms with Crippen LogP contribution in [0.4, 0.5) is 11.4 Å². The zero-order valence-electron chi connectivity index (χ0n) is 11.3. The third-order valence-electron chi connectivity index (χ3n) is 2.56. The van der Waals surface area contributed by atoms with Crippen molar-refractivity contribution >= 4 is 17.3 Å². The molecule has 0 unspecified atom stereocenters. The Kier molecular flexibility index (Phi) is 4.10. The molecule has 5 nitrogen and oxygen atoms in total. The Morgan fingerprint density at radius 2 is 1.85 bits per heavy atom. The Bertz CT molecular complexity index is 626. The molecule has 104 valence electrons. The SMILES string of the molecule is COc1cc(N)cc(Oc2ccccc2NC(C)=O)c1. The van der Waals surface area contributed by atoms with E-state index in [4.69, 9.17) is 15.2 Å². The van der Waals surface area contributed by atoms with Gasteiger partial charge in [-0.3, -0.25) is 4.79 Å². The van der Waals surface area contributed by atoms with E-state index >= 15 is 0 Å². The largest absolute Gasteiger partial charge is 0.497 e. The minimum atomic E-state index is -0.161. The number of carbonyl (C=O) groups excluding carboxylic acids is 1. The standard InChI is InChI=1S/C15H16N2O3/c1-10(18)17-14-5-3-4-6-15(14)20-13-8-11(16)7-12(9-13)19-2/h3-9H,16H2,1-2H3,(H,17,18).